The third kappa shape index (κ3) is 2.93. The highest BCUT2D eigenvalue weighted by molar-refractivity contribution is 7.13. The molecule has 0 atom stereocenters. The van der Waals surface area contributed by atoms with Gasteiger partial charge in [0, 0.05) is 10.9 Å². The Kier molecular flexibility index (Phi) is 3.70. The van der Waals surface area contributed by atoms with Crippen molar-refractivity contribution in [3.63, 3.8) is 0 Å². The molecule has 0 saturated heterocycles. The van der Waals surface area contributed by atoms with E-state index in [9.17, 15) is 4.79 Å². The summed E-state index contributed by atoms with van der Waals surface area (Å²) in [5.74, 6) is -0.187. The number of carbonyl (C=O) groups excluding carboxylic acids is 1. The fraction of sp³-hybridized carbons (Fsp3) is 0.154. The quantitative estimate of drug-likeness (QED) is 0.919. The van der Waals surface area contributed by atoms with E-state index in [2.05, 4.69) is 16.4 Å². The monoisotopic (exact) mass is 257 g/mol. The summed E-state index contributed by atoms with van der Waals surface area (Å²) in [6.07, 6.45) is 0.355. The van der Waals surface area contributed by atoms with Crippen molar-refractivity contribution in [2.45, 2.75) is 13.3 Å². The topological polar surface area (TPSA) is 65.8 Å². The summed E-state index contributed by atoms with van der Waals surface area (Å²) in [6, 6.07) is 9.05. The number of amides is 1. The van der Waals surface area contributed by atoms with Crippen LogP contribution in [0.2, 0.25) is 0 Å². The minimum atomic E-state index is -0.187. The number of nitrogens with one attached hydrogen (secondary N) is 1. The highest BCUT2D eigenvalue weighted by Crippen LogP contribution is 2.15. The smallest absolute Gasteiger partial charge is 0.257 e. The molecule has 18 heavy (non-hydrogen) atoms. The van der Waals surface area contributed by atoms with Gasteiger partial charge in [0.05, 0.1) is 18.2 Å². The summed E-state index contributed by atoms with van der Waals surface area (Å²) in [5, 5.41) is 13.8. The van der Waals surface area contributed by atoms with Gasteiger partial charge in [0.1, 0.15) is 0 Å². The van der Waals surface area contributed by atoms with Crippen LogP contribution >= 0.6 is 11.3 Å². The van der Waals surface area contributed by atoms with Gasteiger partial charge in [0.2, 0.25) is 0 Å². The maximum Gasteiger partial charge on any atom is 0.257 e. The number of hydrogen-bond donors (Lipinski definition) is 1. The second-order valence-corrected chi connectivity index (χ2v) is 4.64. The van der Waals surface area contributed by atoms with Crippen LogP contribution in [0.15, 0.2) is 29.6 Å². The van der Waals surface area contributed by atoms with Gasteiger partial charge in [-0.25, -0.2) is 4.98 Å². The minimum Gasteiger partial charge on any atom is -0.298 e. The van der Waals surface area contributed by atoms with Gasteiger partial charge in [0.15, 0.2) is 5.13 Å². The van der Waals surface area contributed by atoms with E-state index in [4.69, 9.17) is 5.26 Å². The summed E-state index contributed by atoms with van der Waals surface area (Å²) in [6.45, 7) is 1.88. The predicted molar refractivity (Wildman–Crippen MR) is 70.6 cm³/mol. The van der Waals surface area contributed by atoms with E-state index < -0.39 is 0 Å². The van der Waals surface area contributed by atoms with Gasteiger partial charge < -0.3 is 0 Å². The standard InChI is InChI=1S/C13H11N3OS/c1-9-8-18-13(15-9)16-12(17)11-4-2-10(3-5-11)6-7-14/h2-5,8H,6H2,1H3,(H,15,16,17). The van der Waals surface area contributed by atoms with Crippen molar-refractivity contribution in [1.82, 2.24) is 4.98 Å². The number of nitrogens with zero attached hydrogens (tertiary/aromatic N) is 2. The molecule has 1 amide bonds. The van der Waals surface area contributed by atoms with Gasteiger partial charge in [-0.05, 0) is 24.6 Å². The number of nitriles is 1. The number of benzene rings is 1. The lowest BCUT2D eigenvalue weighted by molar-refractivity contribution is 0.102. The molecule has 2 rings (SSSR count). The van der Waals surface area contributed by atoms with Crippen LogP contribution in [0.4, 0.5) is 5.13 Å². The van der Waals surface area contributed by atoms with Gasteiger partial charge in [-0.15, -0.1) is 11.3 Å². The molecule has 90 valence electrons. The van der Waals surface area contributed by atoms with E-state index in [1.807, 2.05) is 12.3 Å². The van der Waals surface area contributed by atoms with E-state index in [0.717, 1.165) is 11.3 Å². The lowest BCUT2D eigenvalue weighted by Crippen LogP contribution is -2.11. The van der Waals surface area contributed by atoms with Gasteiger partial charge in [-0.1, -0.05) is 12.1 Å². The molecule has 1 aromatic heterocycles. The highest BCUT2D eigenvalue weighted by Gasteiger charge is 2.07. The number of carbonyl (C=O) groups is 1. The van der Waals surface area contributed by atoms with Crippen LogP contribution in [0, 0.1) is 18.3 Å². The molecule has 0 unspecified atom stereocenters. The molecule has 4 nitrogen and oxygen atoms in total. The van der Waals surface area contributed by atoms with Crippen molar-refractivity contribution >= 4 is 22.4 Å². The number of thiazole rings is 1. The Morgan fingerprint density at radius 2 is 2.17 bits per heavy atom. The van der Waals surface area contributed by atoms with Crippen molar-refractivity contribution in [2.75, 3.05) is 5.32 Å². The predicted octanol–water partition coefficient (Wildman–Crippen LogP) is 2.77. The second kappa shape index (κ2) is 5.43. The molecule has 2 aromatic rings. The molecule has 0 saturated carbocycles. The lowest BCUT2D eigenvalue weighted by Gasteiger charge is -2.02. The minimum absolute atomic E-state index is 0.187. The molecule has 0 bridgehead atoms. The van der Waals surface area contributed by atoms with E-state index in [1.165, 1.54) is 11.3 Å². The first-order chi connectivity index (χ1) is 8.69. The van der Waals surface area contributed by atoms with Gasteiger partial charge >= 0.3 is 0 Å². The van der Waals surface area contributed by atoms with Crippen molar-refractivity contribution in [2.24, 2.45) is 0 Å². The average Bonchev–Trinajstić information content (AvgIpc) is 2.76. The number of rotatable bonds is 3. The average molecular weight is 257 g/mol. The van der Waals surface area contributed by atoms with Crippen LogP contribution in [0.25, 0.3) is 0 Å². The molecule has 0 aliphatic heterocycles. The first-order valence-corrected chi connectivity index (χ1v) is 6.26. The first-order valence-electron chi connectivity index (χ1n) is 5.38. The largest absolute Gasteiger partial charge is 0.298 e. The fourth-order valence-electron chi connectivity index (χ4n) is 1.45. The zero-order valence-corrected chi connectivity index (χ0v) is 10.6. The van der Waals surface area contributed by atoms with Crippen LogP contribution in [-0.4, -0.2) is 10.9 Å². The van der Waals surface area contributed by atoms with Crippen LogP contribution < -0.4 is 5.32 Å². The highest BCUT2D eigenvalue weighted by atomic mass is 32.1. The Labute approximate surface area is 109 Å². The summed E-state index contributed by atoms with van der Waals surface area (Å²) in [7, 11) is 0. The molecule has 5 heteroatoms. The van der Waals surface area contributed by atoms with Gasteiger partial charge in [-0.3, -0.25) is 10.1 Å². The summed E-state index contributed by atoms with van der Waals surface area (Å²) >= 11 is 1.40. The normalized spacial score (nSPS) is 9.78. The SMILES string of the molecule is Cc1csc(NC(=O)c2ccc(CC#N)cc2)n1. The summed E-state index contributed by atoms with van der Waals surface area (Å²) in [4.78, 5) is 16.0. The molecule has 0 aliphatic carbocycles. The first kappa shape index (κ1) is 12.3. The Morgan fingerprint density at radius 1 is 1.44 bits per heavy atom. The van der Waals surface area contributed by atoms with E-state index in [1.54, 1.807) is 24.3 Å². The van der Waals surface area contributed by atoms with E-state index in [-0.39, 0.29) is 5.91 Å². The molecule has 1 N–H and O–H groups in total. The van der Waals surface area contributed by atoms with Crippen molar-refractivity contribution in [1.29, 1.82) is 5.26 Å². The summed E-state index contributed by atoms with van der Waals surface area (Å²) in [5.41, 5.74) is 2.35. The van der Waals surface area contributed by atoms with E-state index >= 15 is 0 Å². The number of aryl methyl sites for hydroxylation is 1. The third-order valence-electron chi connectivity index (χ3n) is 2.34. The maximum atomic E-state index is 11.9. The van der Waals surface area contributed by atoms with Crippen LogP contribution in [-0.2, 0) is 6.42 Å². The number of hydrogen-bond acceptors (Lipinski definition) is 4. The second-order valence-electron chi connectivity index (χ2n) is 3.78. The molecule has 0 radical (unpaired) electrons. The van der Waals surface area contributed by atoms with Crippen molar-refractivity contribution in [3.8, 4) is 6.07 Å². The lowest BCUT2D eigenvalue weighted by atomic mass is 10.1. The fourth-order valence-corrected chi connectivity index (χ4v) is 2.13. The Morgan fingerprint density at radius 3 is 2.72 bits per heavy atom. The van der Waals surface area contributed by atoms with Crippen molar-refractivity contribution < 1.29 is 4.79 Å². The van der Waals surface area contributed by atoms with Crippen LogP contribution in [0.5, 0.6) is 0 Å². The summed E-state index contributed by atoms with van der Waals surface area (Å²) < 4.78 is 0. The Balaban J connectivity index is 2.07. The number of anilines is 1. The molecule has 1 aromatic carbocycles. The molecule has 0 fully saturated rings. The van der Waals surface area contributed by atoms with Crippen molar-refractivity contribution in [3.05, 3.63) is 46.5 Å². The van der Waals surface area contributed by atoms with Crippen LogP contribution in [0.1, 0.15) is 21.6 Å². The van der Waals surface area contributed by atoms with Crippen LogP contribution in [0.3, 0.4) is 0 Å². The molecule has 0 aliphatic rings. The Hall–Kier alpha value is -2.19. The van der Waals surface area contributed by atoms with E-state index in [0.29, 0.717) is 17.1 Å². The molecular formula is C13H11N3OS. The third-order valence-corrected chi connectivity index (χ3v) is 3.21. The zero-order valence-electron chi connectivity index (χ0n) is 9.80. The zero-order chi connectivity index (χ0) is 13.0. The Bertz CT molecular complexity index is 595. The maximum absolute atomic E-state index is 11.9. The van der Waals surface area contributed by atoms with Gasteiger partial charge in [0.25, 0.3) is 5.91 Å². The molecule has 0 spiro atoms. The van der Waals surface area contributed by atoms with Gasteiger partial charge in [-0.2, -0.15) is 5.26 Å². The molecule has 1 heterocycles. The molecular weight excluding hydrogens is 246 g/mol. The number of aromatic nitrogens is 1.